The molecular weight excluding hydrogens is 284 g/mol. The van der Waals surface area contributed by atoms with E-state index in [4.69, 9.17) is 12.2 Å². The fraction of sp³-hybridized carbons (Fsp3) is 0.400. The van der Waals surface area contributed by atoms with Crippen LogP contribution < -0.4 is 11.1 Å². The molecule has 1 atom stereocenters. The first-order valence-corrected chi connectivity index (χ1v) is 7.60. The lowest BCUT2D eigenvalue weighted by Crippen LogP contribution is -2.33. The fourth-order valence-electron chi connectivity index (χ4n) is 2.12. The van der Waals surface area contributed by atoms with E-state index < -0.39 is 0 Å². The van der Waals surface area contributed by atoms with Crippen molar-refractivity contribution >= 4 is 33.1 Å². The molecule has 21 heavy (non-hydrogen) atoms. The molecule has 110 valence electrons. The van der Waals surface area contributed by atoms with Gasteiger partial charge in [-0.25, -0.2) is 0 Å². The molecule has 0 saturated heterocycles. The topological polar surface area (TPSA) is 80.9 Å². The van der Waals surface area contributed by atoms with Gasteiger partial charge >= 0.3 is 0 Å². The molecule has 2 aromatic rings. The third-order valence-corrected chi connectivity index (χ3v) is 4.51. The van der Waals surface area contributed by atoms with Crippen LogP contribution in [0.3, 0.4) is 0 Å². The third kappa shape index (κ3) is 2.83. The summed E-state index contributed by atoms with van der Waals surface area (Å²) in [5.41, 5.74) is 8.35. The Kier molecular flexibility index (Phi) is 4.43. The van der Waals surface area contributed by atoms with Crippen molar-refractivity contribution in [3.63, 3.8) is 0 Å². The van der Waals surface area contributed by atoms with E-state index in [9.17, 15) is 4.79 Å². The zero-order chi connectivity index (χ0) is 15.6. The van der Waals surface area contributed by atoms with Gasteiger partial charge in [-0.2, -0.15) is 5.10 Å². The third-order valence-electron chi connectivity index (χ3n) is 3.43. The number of carbonyl (C=O) groups excluding carboxylic acids is 1. The molecule has 0 aliphatic heterocycles. The summed E-state index contributed by atoms with van der Waals surface area (Å²) in [5, 5.41) is 11.8. The van der Waals surface area contributed by atoms with Crippen LogP contribution in [0.15, 0.2) is 0 Å². The second-order valence-corrected chi connectivity index (χ2v) is 5.92. The Labute approximate surface area is 127 Å². The predicted octanol–water partition coefficient (Wildman–Crippen LogP) is 2.42. The van der Waals surface area contributed by atoms with Crippen LogP contribution in [0.25, 0.3) is 10.2 Å². The number of fused-ring (bicyclic) bond motifs is 1. The molecule has 1 unspecified atom stereocenters. The molecule has 0 saturated carbocycles. The number of rotatable bonds is 4. The maximum absolute atomic E-state index is 12.4. The Morgan fingerprint density at radius 1 is 1.48 bits per heavy atom. The van der Waals surface area contributed by atoms with Gasteiger partial charge < -0.3 is 11.1 Å². The summed E-state index contributed by atoms with van der Waals surface area (Å²) in [6.45, 7) is 5.82. The number of nitrogens with zero attached hydrogens (tertiary/aromatic N) is 2. The first-order chi connectivity index (χ1) is 9.99. The molecule has 2 aromatic heterocycles. The van der Waals surface area contributed by atoms with Crippen molar-refractivity contribution in [3.8, 4) is 12.3 Å². The molecule has 0 aliphatic carbocycles. The van der Waals surface area contributed by atoms with E-state index in [2.05, 4.69) is 21.4 Å². The quantitative estimate of drug-likeness (QED) is 0.850. The minimum Gasteiger partial charge on any atom is -0.397 e. The number of terminal acetylenes is 1. The highest BCUT2D eigenvalue weighted by atomic mass is 32.1. The van der Waals surface area contributed by atoms with E-state index in [0.29, 0.717) is 15.4 Å². The number of aryl methyl sites for hydroxylation is 2. The largest absolute Gasteiger partial charge is 0.397 e. The first kappa shape index (κ1) is 15.3. The van der Waals surface area contributed by atoms with E-state index >= 15 is 0 Å². The van der Waals surface area contributed by atoms with E-state index in [1.54, 1.807) is 0 Å². The number of nitrogens with one attached hydrogen (secondary N) is 1. The van der Waals surface area contributed by atoms with Crippen LogP contribution in [0.2, 0.25) is 0 Å². The summed E-state index contributed by atoms with van der Waals surface area (Å²) < 4.78 is 0. The molecule has 6 heteroatoms. The van der Waals surface area contributed by atoms with Gasteiger partial charge in [0.25, 0.3) is 5.91 Å². The van der Waals surface area contributed by atoms with Crippen molar-refractivity contribution in [2.75, 3.05) is 5.73 Å². The summed E-state index contributed by atoms with van der Waals surface area (Å²) in [7, 11) is 0. The number of aromatic nitrogens is 2. The monoisotopic (exact) mass is 302 g/mol. The van der Waals surface area contributed by atoms with Crippen molar-refractivity contribution in [1.29, 1.82) is 0 Å². The van der Waals surface area contributed by atoms with Crippen molar-refractivity contribution in [1.82, 2.24) is 15.5 Å². The lowest BCUT2D eigenvalue weighted by atomic mass is 10.1. The molecule has 0 aromatic carbocycles. The van der Waals surface area contributed by atoms with Crippen LogP contribution in [0.4, 0.5) is 5.69 Å². The average molecular weight is 302 g/mol. The van der Waals surface area contributed by atoms with E-state index in [1.165, 1.54) is 11.3 Å². The molecule has 3 N–H and O–H groups in total. The molecule has 2 rings (SSSR count). The molecule has 1 amide bonds. The number of nitrogens with two attached hydrogens (primary N) is 1. The highest BCUT2D eigenvalue weighted by molar-refractivity contribution is 7.21. The Hall–Kier alpha value is -2.13. The summed E-state index contributed by atoms with van der Waals surface area (Å²) in [6.07, 6.45) is 7.07. The number of carbonyl (C=O) groups is 1. The van der Waals surface area contributed by atoms with Crippen molar-refractivity contribution < 1.29 is 4.79 Å². The molecule has 0 aliphatic rings. The lowest BCUT2D eigenvalue weighted by molar-refractivity contribution is 0.0949. The van der Waals surface area contributed by atoms with Crippen LogP contribution in [-0.4, -0.2) is 22.1 Å². The summed E-state index contributed by atoms with van der Waals surface area (Å²) >= 11 is 1.25. The normalized spacial score (nSPS) is 12.1. The van der Waals surface area contributed by atoms with Gasteiger partial charge in [0, 0.05) is 5.39 Å². The Bertz CT molecular complexity index is 729. The standard InChI is InChI=1S/C15H18N4OS/c1-5-7-10(6-2)17-14(20)13-12(16)11-8(3)9(4)18-19-15(11)21-13/h2,10H,5,7,16H2,1,3-4H3,(H,17,20). The Morgan fingerprint density at radius 2 is 2.19 bits per heavy atom. The summed E-state index contributed by atoms with van der Waals surface area (Å²) in [5.74, 6) is 2.33. The van der Waals surface area contributed by atoms with Gasteiger partial charge in [-0.15, -0.1) is 22.9 Å². The van der Waals surface area contributed by atoms with Gasteiger partial charge in [0.2, 0.25) is 0 Å². The van der Waals surface area contributed by atoms with Gasteiger partial charge in [-0.3, -0.25) is 4.79 Å². The van der Waals surface area contributed by atoms with Gasteiger partial charge in [0.05, 0.1) is 17.4 Å². The number of anilines is 1. The van der Waals surface area contributed by atoms with Gasteiger partial charge in [-0.1, -0.05) is 19.3 Å². The molecular formula is C15H18N4OS. The second kappa shape index (κ2) is 6.10. The minimum absolute atomic E-state index is 0.246. The number of hydrogen-bond donors (Lipinski definition) is 2. The number of hydrogen-bond acceptors (Lipinski definition) is 5. The van der Waals surface area contributed by atoms with Crippen molar-refractivity contribution in [3.05, 3.63) is 16.1 Å². The molecule has 2 heterocycles. The maximum atomic E-state index is 12.4. The fourth-order valence-corrected chi connectivity index (χ4v) is 3.12. The van der Waals surface area contributed by atoms with E-state index in [1.807, 2.05) is 20.8 Å². The molecule has 0 fully saturated rings. The number of nitrogen functional groups attached to an aromatic ring is 1. The van der Waals surface area contributed by atoms with Crippen LogP contribution >= 0.6 is 11.3 Å². The van der Waals surface area contributed by atoms with Gasteiger partial charge in [0.15, 0.2) is 0 Å². The molecule has 0 bridgehead atoms. The lowest BCUT2D eigenvalue weighted by Gasteiger charge is -2.11. The summed E-state index contributed by atoms with van der Waals surface area (Å²) in [4.78, 5) is 13.5. The maximum Gasteiger partial charge on any atom is 0.264 e. The highest BCUT2D eigenvalue weighted by Gasteiger charge is 2.21. The SMILES string of the molecule is C#CC(CCC)NC(=O)c1sc2nnc(C)c(C)c2c1N. The van der Waals surface area contributed by atoms with Crippen LogP contribution in [-0.2, 0) is 0 Å². The highest BCUT2D eigenvalue weighted by Crippen LogP contribution is 2.34. The van der Waals surface area contributed by atoms with Crippen molar-refractivity contribution in [2.45, 2.75) is 39.7 Å². The molecule has 5 nitrogen and oxygen atoms in total. The Balaban J connectivity index is 2.39. The first-order valence-electron chi connectivity index (χ1n) is 6.78. The number of thiophene rings is 1. The average Bonchev–Trinajstić information content (AvgIpc) is 2.80. The van der Waals surface area contributed by atoms with Crippen LogP contribution in [0, 0.1) is 26.2 Å². The zero-order valence-electron chi connectivity index (χ0n) is 12.4. The predicted molar refractivity (Wildman–Crippen MR) is 86.3 cm³/mol. The number of amides is 1. The molecule has 0 spiro atoms. The zero-order valence-corrected chi connectivity index (χ0v) is 13.2. The van der Waals surface area contributed by atoms with Crippen LogP contribution in [0.1, 0.15) is 40.7 Å². The Morgan fingerprint density at radius 3 is 2.81 bits per heavy atom. The molecule has 0 radical (unpaired) electrons. The minimum atomic E-state index is -0.277. The second-order valence-electron chi connectivity index (χ2n) is 4.92. The van der Waals surface area contributed by atoms with Gasteiger partial charge in [-0.05, 0) is 25.8 Å². The van der Waals surface area contributed by atoms with E-state index in [0.717, 1.165) is 29.5 Å². The van der Waals surface area contributed by atoms with E-state index in [-0.39, 0.29) is 11.9 Å². The summed E-state index contributed by atoms with van der Waals surface area (Å²) in [6, 6.07) is -0.277. The smallest absolute Gasteiger partial charge is 0.264 e. The van der Waals surface area contributed by atoms with Crippen molar-refractivity contribution in [2.24, 2.45) is 0 Å². The van der Waals surface area contributed by atoms with Crippen LogP contribution in [0.5, 0.6) is 0 Å². The van der Waals surface area contributed by atoms with Gasteiger partial charge in [0.1, 0.15) is 9.71 Å².